The summed E-state index contributed by atoms with van der Waals surface area (Å²) >= 11 is 6.21. The first kappa shape index (κ1) is 20.5. The first-order valence-corrected chi connectivity index (χ1v) is 11.1. The summed E-state index contributed by atoms with van der Waals surface area (Å²) in [6.45, 7) is 0.934. The molecule has 1 aliphatic rings. The van der Waals surface area contributed by atoms with Crippen LogP contribution in [0.1, 0.15) is 28.8 Å². The van der Waals surface area contributed by atoms with Crippen LogP contribution >= 0.6 is 11.6 Å². The molecule has 0 aliphatic heterocycles. The number of ether oxygens (including phenoxy) is 1. The van der Waals surface area contributed by atoms with Crippen LogP contribution in [-0.2, 0) is 16.7 Å². The molecule has 0 aromatic heterocycles. The molecule has 0 N–H and O–H groups in total. The minimum atomic E-state index is -3.71. The Labute approximate surface area is 170 Å². The van der Waals surface area contributed by atoms with Gasteiger partial charge >= 0.3 is 10.1 Å². The fourth-order valence-electron chi connectivity index (χ4n) is 2.90. The predicted octanol–water partition coefficient (Wildman–Crippen LogP) is 3.74. The van der Waals surface area contributed by atoms with E-state index in [1.54, 1.807) is 47.4 Å². The van der Waals surface area contributed by atoms with E-state index < -0.39 is 10.1 Å². The maximum Gasteiger partial charge on any atom is 0.306 e. The van der Waals surface area contributed by atoms with E-state index in [1.165, 1.54) is 7.11 Å². The number of hydrogen-bond acceptors (Lipinski definition) is 5. The normalized spacial score (nSPS) is 13.8. The molecule has 0 spiro atoms. The van der Waals surface area contributed by atoms with E-state index >= 15 is 0 Å². The van der Waals surface area contributed by atoms with Crippen molar-refractivity contribution in [1.82, 2.24) is 4.90 Å². The van der Waals surface area contributed by atoms with Crippen molar-refractivity contribution in [3.63, 3.8) is 0 Å². The Hall–Kier alpha value is -2.25. The average Bonchev–Trinajstić information content (AvgIpc) is 3.44. The van der Waals surface area contributed by atoms with Crippen molar-refractivity contribution in [3.8, 4) is 11.5 Å². The van der Waals surface area contributed by atoms with Crippen LogP contribution in [0, 0.1) is 5.92 Å². The van der Waals surface area contributed by atoms with Gasteiger partial charge in [-0.2, -0.15) is 8.42 Å². The lowest BCUT2D eigenvalue weighted by molar-refractivity contribution is 0.0735. The molecule has 3 rings (SSSR count). The Morgan fingerprint density at radius 2 is 1.89 bits per heavy atom. The summed E-state index contributed by atoms with van der Waals surface area (Å²) in [6.07, 6.45) is 3.16. The maximum atomic E-state index is 13.1. The van der Waals surface area contributed by atoms with Gasteiger partial charge in [-0.05, 0) is 48.6 Å². The summed E-state index contributed by atoms with van der Waals surface area (Å²) in [7, 11) is -2.27. The highest BCUT2D eigenvalue weighted by Crippen LogP contribution is 2.33. The third-order valence-electron chi connectivity index (χ3n) is 4.41. The Kier molecular flexibility index (Phi) is 6.15. The number of benzene rings is 2. The zero-order valence-corrected chi connectivity index (χ0v) is 17.3. The molecular weight excluding hydrogens is 402 g/mol. The van der Waals surface area contributed by atoms with Crippen molar-refractivity contribution in [1.29, 1.82) is 0 Å². The molecule has 8 heteroatoms. The number of hydrogen-bond donors (Lipinski definition) is 0. The summed E-state index contributed by atoms with van der Waals surface area (Å²) in [5.41, 5.74) is 1.19. The average molecular weight is 424 g/mol. The number of carbonyl (C=O) groups is 1. The highest BCUT2D eigenvalue weighted by Gasteiger charge is 2.28. The number of halogens is 1. The molecule has 6 nitrogen and oxygen atoms in total. The smallest absolute Gasteiger partial charge is 0.306 e. The number of carbonyl (C=O) groups excluding carboxylic acids is 1. The van der Waals surface area contributed by atoms with Gasteiger partial charge in [0.15, 0.2) is 11.5 Å². The molecule has 0 unspecified atom stereocenters. The molecule has 2 aromatic carbocycles. The minimum absolute atomic E-state index is 0.0964. The molecule has 1 saturated carbocycles. The predicted molar refractivity (Wildman–Crippen MR) is 107 cm³/mol. The molecule has 1 amide bonds. The van der Waals surface area contributed by atoms with Gasteiger partial charge in [-0.1, -0.05) is 29.8 Å². The van der Waals surface area contributed by atoms with Gasteiger partial charge in [0, 0.05) is 13.1 Å². The highest BCUT2D eigenvalue weighted by atomic mass is 35.5. The van der Waals surface area contributed by atoms with Crippen LogP contribution in [0.15, 0.2) is 42.5 Å². The fraction of sp³-hybridized carbons (Fsp3) is 0.350. The lowest BCUT2D eigenvalue weighted by Gasteiger charge is -2.24. The number of nitrogens with zero attached hydrogens (tertiary/aromatic N) is 1. The molecule has 1 fully saturated rings. The molecule has 0 saturated heterocycles. The van der Waals surface area contributed by atoms with Crippen molar-refractivity contribution in [2.24, 2.45) is 5.92 Å². The zero-order valence-electron chi connectivity index (χ0n) is 15.7. The molecule has 28 heavy (non-hydrogen) atoms. The van der Waals surface area contributed by atoms with Crippen LogP contribution in [0.4, 0.5) is 0 Å². The van der Waals surface area contributed by atoms with Crippen LogP contribution in [0.5, 0.6) is 11.5 Å². The molecule has 150 valence electrons. The summed E-state index contributed by atoms with van der Waals surface area (Å²) < 4.78 is 33.3. The molecule has 0 atom stereocenters. The summed E-state index contributed by atoms with van der Waals surface area (Å²) in [5.74, 6) is 0.731. The summed E-state index contributed by atoms with van der Waals surface area (Å²) in [6, 6.07) is 12.0. The topological polar surface area (TPSA) is 72.9 Å². The fourth-order valence-corrected chi connectivity index (χ4v) is 3.58. The number of methoxy groups -OCH3 is 1. The van der Waals surface area contributed by atoms with Crippen LogP contribution in [0.25, 0.3) is 0 Å². The van der Waals surface area contributed by atoms with E-state index in [1.807, 2.05) is 0 Å². The van der Waals surface area contributed by atoms with Crippen molar-refractivity contribution in [2.75, 3.05) is 19.9 Å². The second-order valence-corrected chi connectivity index (χ2v) is 8.86. The van der Waals surface area contributed by atoms with Gasteiger partial charge < -0.3 is 13.8 Å². The molecular formula is C20H22ClNO5S. The van der Waals surface area contributed by atoms with Crippen molar-refractivity contribution in [2.45, 2.75) is 19.4 Å². The van der Waals surface area contributed by atoms with Crippen LogP contribution in [0.2, 0.25) is 5.02 Å². The maximum absolute atomic E-state index is 13.1. The van der Waals surface area contributed by atoms with Gasteiger partial charge in [-0.15, -0.1) is 0 Å². The van der Waals surface area contributed by atoms with Crippen LogP contribution < -0.4 is 8.92 Å². The van der Waals surface area contributed by atoms with E-state index in [2.05, 4.69) is 0 Å². The Bertz CT molecular complexity index is 972. The Morgan fingerprint density at radius 3 is 2.50 bits per heavy atom. The SMILES string of the molecule is COc1ccc(CN(CC2CC2)C(=O)c2ccccc2Cl)cc1OS(C)(=O)=O. The lowest BCUT2D eigenvalue weighted by Crippen LogP contribution is -2.32. The summed E-state index contributed by atoms with van der Waals surface area (Å²) in [4.78, 5) is 14.8. The standard InChI is InChI=1S/C20H22ClNO5S/c1-26-18-10-9-15(11-19(18)27-28(2,24)25)13-22(12-14-7-8-14)20(23)16-5-3-4-6-17(16)21/h3-6,9-11,14H,7-8,12-13H2,1-2H3. The van der Waals surface area contributed by atoms with Crippen molar-refractivity contribution >= 4 is 27.6 Å². The molecule has 0 bridgehead atoms. The highest BCUT2D eigenvalue weighted by molar-refractivity contribution is 7.86. The third kappa shape index (κ3) is 5.39. The van der Waals surface area contributed by atoms with Gasteiger partial charge in [0.25, 0.3) is 5.91 Å². The Morgan fingerprint density at radius 1 is 1.18 bits per heavy atom. The minimum Gasteiger partial charge on any atom is -0.493 e. The van der Waals surface area contributed by atoms with E-state index in [4.69, 9.17) is 20.5 Å². The van der Waals surface area contributed by atoms with E-state index in [-0.39, 0.29) is 11.7 Å². The molecule has 0 heterocycles. The molecule has 0 radical (unpaired) electrons. The van der Waals surface area contributed by atoms with Gasteiger partial charge in [0.1, 0.15) is 0 Å². The largest absolute Gasteiger partial charge is 0.493 e. The second kappa shape index (κ2) is 8.41. The first-order chi connectivity index (χ1) is 13.3. The molecule has 1 aliphatic carbocycles. The number of rotatable bonds is 8. The summed E-state index contributed by atoms with van der Waals surface area (Å²) in [5, 5.41) is 0.407. The van der Waals surface area contributed by atoms with Crippen molar-refractivity contribution < 1.29 is 22.1 Å². The second-order valence-electron chi connectivity index (χ2n) is 6.88. The van der Waals surface area contributed by atoms with Crippen LogP contribution in [-0.4, -0.2) is 39.1 Å². The zero-order chi connectivity index (χ0) is 20.3. The molecule has 2 aromatic rings. The van der Waals surface area contributed by atoms with Gasteiger partial charge in [0.2, 0.25) is 0 Å². The first-order valence-electron chi connectivity index (χ1n) is 8.87. The number of amides is 1. The quantitative estimate of drug-likeness (QED) is 0.605. The van der Waals surface area contributed by atoms with Crippen LogP contribution in [0.3, 0.4) is 0 Å². The van der Waals surface area contributed by atoms with Gasteiger partial charge in [-0.3, -0.25) is 4.79 Å². The van der Waals surface area contributed by atoms with E-state index in [0.29, 0.717) is 35.3 Å². The van der Waals surface area contributed by atoms with Gasteiger partial charge in [0.05, 0.1) is 24.0 Å². The van der Waals surface area contributed by atoms with E-state index in [0.717, 1.165) is 24.7 Å². The monoisotopic (exact) mass is 423 g/mol. The van der Waals surface area contributed by atoms with Gasteiger partial charge in [-0.25, -0.2) is 0 Å². The Balaban J connectivity index is 1.87. The lowest BCUT2D eigenvalue weighted by atomic mass is 10.1. The van der Waals surface area contributed by atoms with E-state index in [9.17, 15) is 13.2 Å². The van der Waals surface area contributed by atoms with Crippen molar-refractivity contribution in [3.05, 3.63) is 58.6 Å². The third-order valence-corrected chi connectivity index (χ3v) is 5.22.